The van der Waals surface area contributed by atoms with Crippen LogP contribution in [0.3, 0.4) is 0 Å². The zero-order valence-electron chi connectivity index (χ0n) is 12.1. The van der Waals surface area contributed by atoms with E-state index in [9.17, 15) is 9.90 Å². The number of thioether (sulfide) groups is 1. The third-order valence-electron chi connectivity index (χ3n) is 3.58. The Balaban J connectivity index is 1.62. The lowest BCUT2D eigenvalue weighted by Crippen LogP contribution is -2.08. The molecule has 0 saturated heterocycles. The summed E-state index contributed by atoms with van der Waals surface area (Å²) in [4.78, 5) is 17.0. The maximum absolute atomic E-state index is 12.0. The highest BCUT2D eigenvalue weighted by Crippen LogP contribution is 2.35. The molecule has 0 aliphatic carbocycles. The van der Waals surface area contributed by atoms with Crippen molar-refractivity contribution in [3.05, 3.63) is 53.9 Å². The van der Waals surface area contributed by atoms with E-state index in [1.807, 2.05) is 18.2 Å². The normalized spacial score (nSPS) is 14.8. The molecule has 2 heterocycles. The van der Waals surface area contributed by atoms with E-state index in [4.69, 9.17) is 4.74 Å². The molecule has 0 bridgehead atoms. The number of ketones is 1. The molecule has 0 radical (unpaired) electrons. The molecular formula is C17H17NO3S. The van der Waals surface area contributed by atoms with Gasteiger partial charge < -0.3 is 9.84 Å². The molecule has 22 heavy (non-hydrogen) atoms. The molecule has 2 aromatic rings. The molecule has 1 atom stereocenters. The van der Waals surface area contributed by atoms with Crippen LogP contribution in [0.1, 0.15) is 34.9 Å². The molecule has 0 amide bonds. The predicted molar refractivity (Wildman–Crippen MR) is 85.4 cm³/mol. The second kappa shape index (κ2) is 6.94. The van der Waals surface area contributed by atoms with Gasteiger partial charge in [0.15, 0.2) is 5.78 Å². The van der Waals surface area contributed by atoms with Gasteiger partial charge in [0.05, 0.1) is 12.7 Å². The number of fused-ring (bicyclic) bond motifs is 1. The van der Waals surface area contributed by atoms with Gasteiger partial charge in [-0.05, 0) is 36.2 Å². The highest BCUT2D eigenvalue weighted by atomic mass is 32.2. The maximum atomic E-state index is 12.0. The van der Waals surface area contributed by atoms with Gasteiger partial charge in [-0.15, -0.1) is 11.8 Å². The summed E-state index contributed by atoms with van der Waals surface area (Å²) < 4.78 is 5.55. The molecule has 1 unspecified atom stereocenters. The Kier molecular flexibility index (Phi) is 4.75. The minimum atomic E-state index is -0.645. The predicted octanol–water partition coefficient (Wildman–Crippen LogP) is 3.26. The number of Topliss-reactive ketones (excluding diaryl/α,β-unsaturated/α-hetero) is 1. The van der Waals surface area contributed by atoms with Gasteiger partial charge in [-0.2, -0.15) is 0 Å². The van der Waals surface area contributed by atoms with E-state index in [-0.39, 0.29) is 5.78 Å². The largest absolute Gasteiger partial charge is 0.492 e. The van der Waals surface area contributed by atoms with Crippen molar-refractivity contribution in [2.45, 2.75) is 23.8 Å². The van der Waals surface area contributed by atoms with E-state index >= 15 is 0 Å². The molecule has 1 N–H and O–H groups in total. The zero-order chi connectivity index (χ0) is 15.4. The third-order valence-corrected chi connectivity index (χ3v) is 4.58. The fourth-order valence-corrected chi connectivity index (χ4v) is 3.25. The van der Waals surface area contributed by atoms with Gasteiger partial charge in [-0.3, -0.25) is 9.78 Å². The van der Waals surface area contributed by atoms with E-state index in [0.717, 1.165) is 28.6 Å². The lowest BCUT2D eigenvalue weighted by atomic mass is 10.0. The van der Waals surface area contributed by atoms with Gasteiger partial charge in [0.2, 0.25) is 0 Å². The van der Waals surface area contributed by atoms with Crippen molar-refractivity contribution in [1.29, 1.82) is 0 Å². The Morgan fingerprint density at radius 1 is 1.41 bits per heavy atom. The van der Waals surface area contributed by atoms with Crippen LogP contribution >= 0.6 is 11.8 Å². The Bertz CT molecular complexity index is 660. The molecule has 4 nitrogen and oxygen atoms in total. The lowest BCUT2D eigenvalue weighted by Gasteiger charge is -2.19. The summed E-state index contributed by atoms with van der Waals surface area (Å²) >= 11 is 1.73. The summed E-state index contributed by atoms with van der Waals surface area (Å²) in [7, 11) is 0. The summed E-state index contributed by atoms with van der Waals surface area (Å²) in [6.45, 7) is 0.721. The van der Waals surface area contributed by atoms with Gasteiger partial charge in [0, 0.05) is 35.0 Å². The number of hydrogen-bond acceptors (Lipinski definition) is 5. The van der Waals surface area contributed by atoms with E-state index in [1.54, 1.807) is 36.3 Å². The van der Waals surface area contributed by atoms with Gasteiger partial charge in [-0.25, -0.2) is 0 Å². The summed E-state index contributed by atoms with van der Waals surface area (Å²) in [5.74, 6) is 1.80. The Labute approximate surface area is 133 Å². The summed E-state index contributed by atoms with van der Waals surface area (Å²) in [5.41, 5.74) is 1.42. The van der Waals surface area contributed by atoms with Crippen molar-refractivity contribution in [3.8, 4) is 5.75 Å². The first-order chi connectivity index (χ1) is 10.7. The molecule has 1 aromatic carbocycles. The molecule has 0 fully saturated rings. The van der Waals surface area contributed by atoms with Gasteiger partial charge in [-0.1, -0.05) is 6.07 Å². The molecule has 0 spiro atoms. The van der Waals surface area contributed by atoms with Crippen LogP contribution in [0, 0.1) is 0 Å². The first-order valence-corrected chi connectivity index (χ1v) is 8.23. The maximum Gasteiger partial charge on any atom is 0.164 e. The van der Waals surface area contributed by atoms with E-state index in [1.165, 1.54) is 0 Å². The minimum absolute atomic E-state index is 0.00261. The standard InChI is InChI=1S/C17H17NO3S/c19-14(4-5-15(20)13-2-1-7-18-11-13)12-3-6-16-17(10-12)22-9-8-21-16/h1-3,6-7,10-11,14,19H,4-5,8-9H2. The molecule has 1 aromatic heterocycles. The first-order valence-electron chi connectivity index (χ1n) is 7.25. The first kappa shape index (κ1) is 15.1. The molecule has 114 valence electrons. The van der Waals surface area contributed by atoms with E-state index in [0.29, 0.717) is 18.4 Å². The molecule has 1 aliphatic rings. The number of aromatic nitrogens is 1. The Morgan fingerprint density at radius 2 is 2.32 bits per heavy atom. The van der Waals surface area contributed by atoms with Gasteiger partial charge in [0.1, 0.15) is 5.75 Å². The van der Waals surface area contributed by atoms with Crippen LogP contribution in [0.5, 0.6) is 5.75 Å². The fourth-order valence-electron chi connectivity index (χ4n) is 2.37. The van der Waals surface area contributed by atoms with Crippen LogP contribution in [0.2, 0.25) is 0 Å². The Hall–Kier alpha value is -1.85. The fraction of sp³-hybridized carbons (Fsp3) is 0.294. The quantitative estimate of drug-likeness (QED) is 0.858. The molecule has 1 aliphatic heterocycles. The smallest absolute Gasteiger partial charge is 0.164 e. The zero-order valence-corrected chi connectivity index (χ0v) is 12.9. The summed E-state index contributed by atoms with van der Waals surface area (Å²) in [6, 6.07) is 9.20. The van der Waals surface area contributed by atoms with E-state index < -0.39 is 6.10 Å². The van der Waals surface area contributed by atoms with Gasteiger partial charge in [0.25, 0.3) is 0 Å². The third kappa shape index (κ3) is 3.48. The number of nitrogens with zero attached hydrogens (tertiary/aromatic N) is 1. The number of pyridine rings is 1. The molecule has 3 rings (SSSR count). The molecule has 5 heteroatoms. The second-order valence-corrected chi connectivity index (χ2v) is 6.26. The molecule has 0 saturated carbocycles. The number of aliphatic hydroxyl groups excluding tert-OH is 1. The van der Waals surface area contributed by atoms with Crippen LogP contribution in [-0.2, 0) is 0 Å². The van der Waals surface area contributed by atoms with Crippen LogP contribution in [0.15, 0.2) is 47.6 Å². The number of ether oxygens (including phenoxy) is 1. The number of rotatable bonds is 5. The summed E-state index contributed by atoms with van der Waals surface area (Å²) in [5, 5.41) is 10.3. The van der Waals surface area contributed by atoms with Crippen molar-refractivity contribution in [1.82, 2.24) is 4.98 Å². The number of hydrogen-bond donors (Lipinski definition) is 1. The number of aliphatic hydroxyl groups is 1. The molecular weight excluding hydrogens is 298 g/mol. The van der Waals surface area contributed by atoms with Gasteiger partial charge >= 0.3 is 0 Å². The lowest BCUT2D eigenvalue weighted by molar-refractivity contribution is 0.0940. The van der Waals surface area contributed by atoms with Crippen LogP contribution in [0.4, 0.5) is 0 Å². The average Bonchev–Trinajstić information content (AvgIpc) is 2.59. The van der Waals surface area contributed by atoms with E-state index in [2.05, 4.69) is 4.98 Å². The number of carbonyl (C=O) groups is 1. The van der Waals surface area contributed by atoms with Crippen molar-refractivity contribution in [2.24, 2.45) is 0 Å². The monoisotopic (exact) mass is 315 g/mol. The van der Waals surface area contributed by atoms with Crippen LogP contribution < -0.4 is 4.74 Å². The highest BCUT2D eigenvalue weighted by molar-refractivity contribution is 7.99. The number of carbonyl (C=O) groups excluding carboxylic acids is 1. The SMILES string of the molecule is O=C(CCC(O)c1ccc2c(c1)SCCO2)c1cccnc1. The van der Waals surface area contributed by atoms with Crippen LogP contribution in [-0.4, -0.2) is 28.2 Å². The van der Waals surface area contributed by atoms with Crippen molar-refractivity contribution in [2.75, 3.05) is 12.4 Å². The second-order valence-electron chi connectivity index (χ2n) is 5.12. The average molecular weight is 315 g/mol. The number of benzene rings is 1. The van der Waals surface area contributed by atoms with Crippen molar-refractivity contribution >= 4 is 17.5 Å². The Morgan fingerprint density at radius 3 is 3.14 bits per heavy atom. The van der Waals surface area contributed by atoms with Crippen molar-refractivity contribution in [3.63, 3.8) is 0 Å². The van der Waals surface area contributed by atoms with Crippen molar-refractivity contribution < 1.29 is 14.6 Å². The topological polar surface area (TPSA) is 59.4 Å². The summed E-state index contributed by atoms with van der Waals surface area (Å²) in [6.07, 6.45) is 3.25. The highest BCUT2D eigenvalue weighted by Gasteiger charge is 2.16. The van der Waals surface area contributed by atoms with Crippen LogP contribution in [0.25, 0.3) is 0 Å². The minimum Gasteiger partial charge on any atom is -0.492 e.